The summed E-state index contributed by atoms with van der Waals surface area (Å²) in [7, 11) is 1.72. The molecule has 0 saturated carbocycles. The fraction of sp³-hybridized carbons (Fsp3) is 0.600. The van der Waals surface area contributed by atoms with Gasteiger partial charge in [0.05, 0.1) is 7.11 Å². The van der Waals surface area contributed by atoms with Crippen LogP contribution in [0.1, 0.15) is 32.3 Å². The second-order valence-electron chi connectivity index (χ2n) is 4.59. The van der Waals surface area contributed by atoms with Crippen LogP contribution in [0.5, 0.6) is 5.75 Å². The number of ether oxygens (including phenoxy) is 1. The lowest BCUT2D eigenvalue weighted by Gasteiger charge is -2.30. The van der Waals surface area contributed by atoms with Crippen molar-refractivity contribution < 1.29 is 4.74 Å². The Balaban J connectivity index is 2.91. The van der Waals surface area contributed by atoms with Crippen molar-refractivity contribution in [2.24, 2.45) is 0 Å². The van der Waals surface area contributed by atoms with E-state index in [1.54, 1.807) is 7.11 Å². The van der Waals surface area contributed by atoms with Gasteiger partial charge in [-0.25, -0.2) is 0 Å². The Bertz CT molecular complexity index is 382. The highest BCUT2D eigenvalue weighted by atomic mass is 79.9. The number of nitrogens with zero attached hydrogens (tertiary/aromatic N) is 1. The summed E-state index contributed by atoms with van der Waals surface area (Å²) in [6.07, 6.45) is 2.29. The molecule has 0 heterocycles. The van der Waals surface area contributed by atoms with Crippen molar-refractivity contribution in [2.75, 3.05) is 19.5 Å². The number of halogens is 2. The van der Waals surface area contributed by atoms with E-state index in [0.717, 1.165) is 36.2 Å². The Labute approximate surface area is 130 Å². The van der Waals surface area contributed by atoms with Crippen LogP contribution < -0.4 is 4.74 Å². The van der Waals surface area contributed by atoms with Gasteiger partial charge in [0.25, 0.3) is 0 Å². The van der Waals surface area contributed by atoms with Crippen molar-refractivity contribution in [1.82, 2.24) is 4.90 Å². The molecule has 19 heavy (non-hydrogen) atoms. The molecule has 0 radical (unpaired) electrons. The molecule has 1 rings (SSSR count). The number of methoxy groups -OCH3 is 1. The van der Waals surface area contributed by atoms with Crippen molar-refractivity contribution >= 4 is 27.5 Å². The van der Waals surface area contributed by atoms with Crippen LogP contribution in [-0.2, 0) is 6.54 Å². The summed E-state index contributed by atoms with van der Waals surface area (Å²) in [4.78, 5) is 2.44. The van der Waals surface area contributed by atoms with Crippen LogP contribution in [0, 0.1) is 0 Å². The molecule has 0 aliphatic carbocycles. The molecule has 0 bridgehead atoms. The van der Waals surface area contributed by atoms with Gasteiger partial charge in [-0.1, -0.05) is 29.8 Å². The third-order valence-electron chi connectivity index (χ3n) is 3.45. The van der Waals surface area contributed by atoms with Crippen LogP contribution in [0.15, 0.2) is 22.7 Å². The molecular formula is C15H23BrClNO. The molecule has 0 aliphatic heterocycles. The van der Waals surface area contributed by atoms with Crippen molar-refractivity contribution in [3.8, 4) is 5.75 Å². The Hall–Kier alpha value is -0.250. The maximum atomic E-state index is 5.94. The van der Waals surface area contributed by atoms with Crippen molar-refractivity contribution in [3.63, 3.8) is 0 Å². The minimum absolute atomic E-state index is 0.572. The summed E-state index contributed by atoms with van der Waals surface area (Å²) in [5, 5.41) is 0. The zero-order valence-corrected chi connectivity index (χ0v) is 14.3. The Morgan fingerprint density at radius 2 is 2.00 bits per heavy atom. The van der Waals surface area contributed by atoms with Crippen molar-refractivity contribution in [2.45, 2.75) is 39.3 Å². The molecule has 0 atom stereocenters. The van der Waals surface area contributed by atoms with Gasteiger partial charge in [0, 0.05) is 35.0 Å². The van der Waals surface area contributed by atoms with Gasteiger partial charge < -0.3 is 4.74 Å². The number of benzene rings is 1. The highest BCUT2D eigenvalue weighted by Gasteiger charge is 2.16. The topological polar surface area (TPSA) is 12.5 Å². The van der Waals surface area contributed by atoms with Crippen LogP contribution in [0.2, 0.25) is 0 Å². The highest BCUT2D eigenvalue weighted by molar-refractivity contribution is 9.10. The largest absolute Gasteiger partial charge is 0.496 e. The Morgan fingerprint density at radius 1 is 1.32 bits per heavy atom. The van der Waals surface area contributed by atoms with Crippen LogP contribution in [0.25, 0.3) is 0 Å². The standard InChI is InChI=1S/C15H23BrClNO/c1-4-14(5-2)18(9-8-17)11-12-10-13(16)6-7-15(12)19-3/h6-7,10,14H,4-5,8-9,11H2,1-3H3. The molecule has 0 saturated heterocycles. The van der Waals surface area contributed by atoms with E-state index in [2.05, 4.69) is 40.7 Å². The van der Waals surface area contributed by atoms with Gasteiger partial charge in [0.1, 0.15) is 5.75 Å². The van der Waals surface area contributed by atoms with Gasteiger partial charge in [0.2, 0.25) is 0 Å². The fourth-order valence-corrected chi connectivity index (χ4v) is 3.02. The molecule has 0 spiro atoms. The molecule has 0 unspecified atom stereocenters. The lowest BCUT2D eigenvalue weighted by molar-refractivity contribution is 0.186. The molecule has 4 heteroatoms. The molecule has 108 valence electrons. The lowest BCUT2D eigenvalue weighted by atomic mass is 10.1. The van der Waals surface area contributed by atoms with Crippen LogP contribution in [0.3, 0.4) is 0 Å². The van der Waals surface area contributed by atoms with Gasteiger partial charge in [-0.3, -0.25) is 4.90 Å². The third-order valence-corrected chi connectivity index (χ3v) is 4.11. The molecule has 2 nitrogen and oxygen atoms in total. The molecule has 0 aromatic heterocycles. The first-order valence-electron chi connectivity index (χ1n) is 6.78. The molecule has 1 aromatic rings. The summed E-state index contributed by atoms with van der Waals surface area (Å²) in [6, 6.07) is 6.71. The summed E-state index contributed by atoms with van der Waals surface area (Å²) in [5.41, 5.74) is 1.20. The van der Waals surface area contributed by atoms with Gasteiger partial charge in [-0.15, -0.1) is 11.6 Å². The van der Waals surface area contributed by atoms with E-state index < -0.39 is 0 Å². The summed E-state index contributed by atoms with van der Waals surface area (Å²) in [6.45, 7) is 6.24. The average Bonchev–Trinajstić information content (AvgIpc) is 2.40. The predicted octanol–water partition coefficient (Wildman–Crippen LogP) is 4.69. The zero-order valence-electron chi connectivity index (χ0n) is 12.0. The SMILES string of the molecule is CCC(CC)N(CCCl)Cc1cc(Br)ccc1OC. The summed E-state index contributed by atoms with van der Waals surface area (Å²) in [5.74, 6) is 1.60. The second-order valence-corrected chi connectivity index (χ2v) is 5.88. The number of rotatable bonds is 8. The van der Waals surface area contributed by atoms with Crippen molar-refractivity contribution in [3.05, 3.63) is 28.2 Å². The number of hydrogen-bond acceptors (Lipinski definition) is 2. The molecule has 1 aromatic carbocycles. The minimum Gasteiger partial charge on any atom is -0.496 e. The number of hydrogen-bond donors (Lipinski definition) is 0. The van der Waals surface area contributed by atoms with Crippen LogP contribution in [-0.4, -0.2) is 30.5 Å². The maximum Gasteiger partial charge on any atom is 0.123 e. The quantitative estimate of drug-likeness (QED) is 0.632. The van der Waals surface area contributed by atoms with E-state index in [4.69, 9.17) is 16.3 Å². The zero-order chi connectivity index (χ0) is 14.3. The summed E-state index contributed by atoms with van der Waals surface area (Å²) < 4.78 is 6.53. The van der Waals surface area contributed by atoms with E-state index in [9.17, 15) is 0 Å². The Kier molecular flexibility index (Phi) is 7.81. The van der Waals surface area contributed by atoms with E-state index in [-0.39, 0.29) is 0 Å². The van der Waals surface area contributed by atoms with Gasteiger partial charge in [-0.2, -0.15) is 0 Å². The van der Waals surface area contributed by atoms with E-state index >= 15 is 0 Å². The first-order valence-corrected chi connectivity index (χ1v) is 8.11. The highest BCUT2D eigenvalue weighted by Crippen LogP contribution is 2.25. The first-order chi connectivity index (χ1) is 9.15. The third kappa shape index (κ3) is 4.97. The Morgan fingerprint density at radius 3 is 2.53 bits per heavy atom. The van der Waals surface area contributed by atoms with E-state index in [1.807, 2.05) is 12.1 Å². The van der Waals surface area contributed by atoms with Crippen LogP contribution >= 0.6 is 27.5 Å². The lowest BCUT2D eigenvalue weighted by Crippen LogP contribution is -2.35. The monoisotopic (exact) mass is 347 g/mol. The maximum absolute atomic E-state index is 5.94. The molecule has 0 aliphatic rings. The normalized spacial score (nSPS) is 11.3. The average molecular weight is 349 g/mol. The van der Waals surface area contributed by atoms with E-state index in [1.165, 1.54) is 5.56 Å². The van der Waals surface area contributed by atoms with Gasteiger partial charge in [-0.05, 0) is 31.0 Å². The van der Waals surface area contributed by atoms with Crippen molar-refractivity contribution in [1.29, 1.82) is 0 Å². The summed E-state index contributed by atoms with van der Waals surface area (Å²) >= 11 is 9.47. The van der Waals surface area contributed by atoms with Gasteiger partial charge in [0.15, 0.2) is 0 Å². The molecule has 0 N–H and O–H groups in total. The predicted molar refractivity (Wildman–Crippen MR) is 86.2 cm³/mol. The van der Waals surface area contributed by atoms with Crippen LogP contribution in [0.4, 0.5) is 0 Å². The van der Waals surface area contributed by atoms with E-state index in [0.29, 0.717) is 11.9 Å². The number of alkyl halides is 1. The molecule has 0 fully saturated rings. The fourth-order valence-electron chi connectivity index (χ4n) is 2.39. The smallest absolute Gasteiger partial charge is 0.123 e. The molecular weight excluding hydrogens is 326 g/mol. The first kappa shape index (κ1) is 16.8. The van der Waals surface area contributed by atoms with Gasteiger partial charge >= 0.3 is 0 Å². The second kappa shape index (κ2) is 8.83. The molecule has 0 amide bonds. The minimum atomic E-state index is 0.572.